The minimum absolute atomic E-state index is 0.0787. The van der Waals surface area contributed by atoms with Crippen LogP contribution in [-0.4, -0.2) is 44.1 Å². The van der Waals surface area contributed by atoms with Gasteiger partial charge < -0.3 is 9.32 Å². The van der Waals surface area contributed by atoms with E-state index in [9.17, 15) is 4.79 Å². The van der Waals surface area contributed by atoms with Crippen molar-refractivity contribution < 1.29 is 9.21 Å². The van der Waals surface area contributed by atoms with Crippen molar-refractivity contribution in [1.82, 2.24) is 25.1 Å². The Hall–Kier alpha value is -3.87. The first-order valence-corrected chi connectivity index (χ1v) is 10.3. The quantitative estimate of drug-likeness (QED) is 0.497. The molecule has 0 unspecified atom stereocenters. The lowest BCUT2D eigenvalue weighted by atomic mass is 10.1. The first-order chi connectivity index (χ1) is 15.2. The van der Waals surface area contributed by atoms with Crippen molar-refractivity contribution in [1.29, 1.82) is 0 Å². The van der Waals surface area contributed by atoms with Crippen LogP contribution < -0.4 is 0 Å². The van der Waals surface area contributed by atoms with Gasteiger partial charge in [-0.15, -0.1) is 10.2 Å². The third-order valence-electron chi connectivity index (χ3n) is 5.44. The van der Waals surface area contributed by atoms with Gasteiger partial charge >= 0.3 is 0 Å². The Morgan fingerprint density at radius 2 is 1.68 bits per heavy atom. The molecule has 2 aromatic heterocycles. The summed E-state index contributed by atoms with van der Waals surface area (Å²) in [4.78, 5) is 23.5. The Morgan fingerprint density at radius 3 is 2.42 bits per heavy atom. The van der Waals surface area contributed by atoms with Crippen LogP contribution in [0.25, 0.3) is 34.3 Å². The van der Waals surface area contributed by atoms with Crippen LogP contribution in [0.4, 0.5) is 0 Å². The zero-order valence-electron chi connectivity index (χ0n) is 17.1. The molecule has 0 spiro atoms. The smallest absolute Gasteiger partial charge is 0.268 e. The molecule has 154 valence electrons. The molecule has 0 radical (unpaired) electrons. The number of aromatic nitrogens is 4. The number of rotatable bonds is 4. The lowest BCUT2D eigenvalue weighted by molar-refractivity contribution is 0.0788. The summed E-state index contributed by atoms with van der Waals surface area (Å²) in [7, 11) is 0. The largest absolute Gasteiger partial charge is 0.415 e. The predicted octanol–water partition coefficient (Wildman–Crippen LogP) is 4.34. The molecule has 0 saturated carbocycles. The summed E-state index contributed by atoms with van der Waals surface area (Å²) in [6, 6.07) is 17.0. The molecular formula is C24H21N5O2. The fourth-order valence-electron chi connectivity index (χ4n) is 3.72. The average Bonchev–Trinajstić information content (AvgIpc) is 3.49. The van der Waals surface area contributed by atoms with Gasteiger partial charge in [-0.1, -0.05) is 37.3 Å². The van der Waals surface area contributed by atoms with Gasteiger partial charge in [0, 0.05) is 29.8 Å². The Balaban J connectivity index is 1.37. The second kappa shape index (κ2) is 8.10. The highest BCUT2D eigenvalue weighted by Crippen LogP contribution is 2.25. The van der Waals surface area contributed by atoms with E-state index < -0.39 is 0 Å². The van der Waals surface area contributed by atoms with Crippen LogP contribution in [0.2, 0.25) is 0 Å². The van der Waals surface area contributed by atoms with E-state index in [0.29, 0.717) is 34.7 Å². The second-order valence-corrected chi connectivity index (χ2v) is 7.79. The molecule has 0 N–H and O–H groups in total. The van der Waals surface area contributed by atoms with E-state index in [-0.39, 0.29) is 5.91 Å². The van der Waals surface area contributed by atoms with Crippen LogP contribution in [0.15, 0.2) is 71.4 Å². The average molecular weight is 411 g/mol. The minimum Gasteiger partial charge on any atom is -0.415 e. The molecule has 5 rings (SSSR count). The molecule has 4 aromatic rings. The number of benzene rings is 2. The molecule has 1 fully saturated rings. The van der Waals surface area contributed by atoms with Gasteiger partial charge in [-0.2, -0.15) is 0 Å². The van der Waals surface area contributed by atoms with Crippen molar-refractivity contribution >= 4 is 5.91 Å². The molecule has 1 saturated heterocycles. The van der Waals surface area contributed by atoms with Crippen LogP contribution in [0.3, 0.4) is 0 Å². The van der Waals surface area contributed by atoms with E-state index in [2.05, 4.69) is 27.1 Å². The molecule has 2 aromatic carbocycles. The van der Waals surface area contributed by atoms with Crippen molar-refractivity contribution in [2.75, 3.05) is 13.1 Å². The van der Waals surface area contributed by atoms with E-state index in [0.717, 1.165) is 30.6 Å². The number of likely N-dealkylation sites (tertiary alicyclic amines) is 1. The normalized spacial score (nSPS) is 15.9. The fourth-order valence-corrected chi connectivity index (χ4v) is 3.72. The SMILES string of the molecule is C[C@@H]1CCN(C(=O)c2ccc(-c3cncc(-c4nnc(-c5ccccc5)o4)n3)cc2)C1. The van der Waals surface area contributed by atoms with Crippen LogP contribution in [0, 0.1) is 5.92 Å². The summed E-state index contributed by atoms with van der Waals surface area (Å²) in [5.41, 5.74) is 3.57. The molecule has 1 aliphatic rings. The molecule has 1 aliphatic heterocycles. The Bertz CT molecular complexity index is 1200. The molecule has 0 aliphatic carbocycles. The molecule has 7 nitrogen and oxygen atoms in total. The van der Waals surface area contributed by atoms with Gasteiger partial charge in [-0.25, -0.2) is 4.98 Å². The topological polar surface area (TPSA) is 85.0 Å². The zero-order chi connectivity index (χ0) is 21.2. The van der Waals surface area contributed by atoms with Crippen LogP contribution in [0.1, 0.15) is 23.7 Å². The molecule has 31 heavy (non-hydrogen) atoms. The number of carbonyl (C=O) groups is 1. The van der Waals surface area contributed by atoms with E-state index in [4.69, 9.17) is 4.42 Å². The second-order valence-electron chi connectivity index (χ2n) is 7.79. The Morgan fingerprint density at radius 1 is 0.935 bits per heavy atom. The fraction of sp³-hybridized carbons (Fsp3) is 0.208. The maximum absolute atomic E-state index is 12.7. The van der Waals surface area contributed by atoms with E-state index >= 15 is 0 Å². The molecule has 0 bridgehead atoms. The summed E-state index contributed by atoms with van der Waals surface area (Å²) < 4.78 is 5.79. The summed E-state index contributed by atoms with van der Waals surface area (Å²) in [5.74, 6) is 1.38. The minimum atomic E-state index is 0.0787. The van der Waals surface area contributed by atoms with Gasteiger partial charge in [-0.05, 0) is 36.6 Å². The monoisotopic (exact) mass is 411 g/mol. The highest BCUT2D eigenvalue weighted by molar-refractivity contribution is 5.94. The van der Waals surface area contributed by atoms with Crippen molar-refractivity contribution in [3.05, 3.63) is 72.6 Å². The predicted molar refractivity (Wildman–Crippen MR) is 116 cm³/mol. The molecule has 3 heterocycles. The first-order valence-electron chi connectivity index (χ1n) is 10.3. The molecular weight excluding hydrogens is 390 g/mol. The number of amides is 1. The zero-order valence-corrected chi connectivity index (χ0v) is 17.1. The van der Waals surface area contributed by atoms with Crippen LogP contribution >= 0.6 is 0 Å². The third-order valence-corrected chi connectivity index (χ3v) is 5.44. The Labute approximate surface area is 179 Å². The Kier molecular flexibility index (Phi) is 5.00. The highest BCUT2D eigenvalue weighted by Gasteiger charge is 2.24. The van der Waals surface area contributed by atoms with Gasteiger partial charge in [0.1, 0.15) is 5.69 Å². The standard InChI is InChI=1S/C24H21N5O2/c1-16-11-12-29(15-16)24(30)19-9-7-17(8-10-19)20-13-25-14-21(26-20)23-28-27-22(31-23)18-5-3-2-4-6-18/h2-10,13-14,16H,11-12,15H2,1H3/t16-/m1/s1. The summed E-state index contributed by atoms with van der Waals surface area (Å²) in [6.07, 6.45) is 4.34. The third kappa shape index (κ3) is 3.94. The molecule has 1 atom stereocenters. The summed E-state index contributed by atoms with van der Waals surface area (Å²) >= 11 is 0. The van der Waals surface area contributed by atoms with Crippen molar-refractivity contribution in [3.63, 3.8) is 0 Å². The molecule has 7 heteroatoms. The van der Waals surface area contributed by atoms with Crippen molar-refractivity contribution in [2.45, 2.75) is 13.3 Å². The van der Waals surface area contributed by atoms with Gasteiger partial charge in [-0.3, -0.25) is 9.78 Å². The van der Waals surface area contributed by atoms with E-state index in [1.807, 2.05) is 59.5 Å². The summed E-state index contributed by atoms with van der Waals surface area (Å²) in [5, 5.41) is 8.23. The van der Waals surface area contributed by atoms with Gasteiger partial charge in [0.25, 0.3) is 11.8 Å². The van der Waals surface area contributed by atoms with Gasteiger partial charge in [0.05, 0.1) is 18.1 Å². The van der Waals surface area contributed by atoms with Crippen molar-refractivity contribution in [3.8, 4) is 34.3 Å². The summed E-state index contributed by atoms with van der Waals surface area (Å²) in [6.45, 7) is 3.82. The van der Waals surface area contributed by atoms with E-state index in [1.54, 1.807) is 12.4 Å². The number of hydrogen-bond donors (Lipinski definition) is 0. The van der Waals surface area contributed by atoms with Crippen molar-refractivity contribution in [2.24, 2.45) is 5.92 Å². The lowest BCUT2D eigenvalue weighted by Crippen LogP contribution is -2.28. The van der Waals surface area contributed by atoms with Crippen LogP contribution in [0.5, 0.6) is 0 Å². The number of hydrogen-bond acceptors (Lipinski definition) is 6. The number of nitrogens with zero attached hydrogens (tertiary/aromatic N) is 5. The first kappa shape index (κ1) is 19.1. The lowest BCUT2D eigenvalue weighted by Gasteiger charge is -2.16. The molecule has 1 amide bonds. The van der Waals surface area contributed by atoms with Crippen LogP contribution in [-0.2, 0) is 0 Å². The van der Waals surface area contributed by atoms with Gasteiger partial charge in [0.15, 0.2) is 0 Å². The van der Waals surface area contributed by atoms with Gasteiger partial charge in [0.2, 0.25) is 5.89 Å². The number of carbonyl (C=O) groups excluding carboxylic acids is 1. The van der Waals surface area contributed by atoms with E-state index in [1.165, 1.54) is 0 Å². The highest BCUT2D eigenvalue weighted by atomic mass is 16.4. The maximum Gasteiger partial charge on any atom is 0.268 e. The maximum atomic E-state index is 12.7.